The van der Waals surface area contributed by atoms with Gasteiger partial charge in [-0.1, -0.05) is 18.2 Å². The predicted molar refractivity (Wildman–Crippen MR) is 84.7 cm³/mol. The molecule has 0 saturated heterocycles. The average Bonchev–Trinajstić information content (AvgIpc) is 2.56. The van der Waals surface area contributed by atoms with Crippen LogP contribution in [0.4, 0.5) is 0 Å². The van der Waals surface area contributed by atoms with Crippen molar-refractivity contribution < 1.29 is 23.8 Å². The summed E-state index contributed by atoms with van der Waals surface area (Å²) in [7, 11) is 1.58. The highest BCUT2D eigenvalue weighted by Gasteiger charge is 2.10. The van der Waals surface area contributed by atoms with Crippen molar-refractivity contribution >= 4 is 11.9 Å². The molecule has 0 spiro atoms. The van der Waals surface area contributed by atoms with E-state index in [1.165, 1.54) is 6.07 Å². The standard InChI is InChI=1S/C18H18O5/c1-3-22-18(20)14-5-4-6-16(12-14)23-17(19)11-13-7-9-15(21-2)10-8-13/h4-10,12H,3,11H2,1-2H3. The minimum Gasteiger partial charge on any atom is -0.497 e. The quantitative estimate of drug-likeness (QED) is 0.606. The summed E-state index contributed by atoms with van der Waals surface area (Å²) in [6, 6.07) is 13.5. The van der Waals surface area contributed by atoms with E-state index in [9.17, 15) is 9.59 Å². The third kappa shape index (κ3) is 4.85. The molecule has 120 valence electrons. The van der Waals surface area contributed by atoms with Crippen LogP contribution in [0, 0.1) is 0 Å². The van der Waals surface area contributed by atoms with Gasteiger partial charge in [0.2, 0.25) is 0 Å². The molecule has 0 bridgehead atoms. The summed E-state index contributed by atoms with van der Waals surface area (Å²) in [4.78, 5) is 23.6. The maximum Gasteiger partial charge on any atom is 0.338 e. The van der Waals surface area contributed by atoms with Gasteiger partial charge in [0, 0.05) is 0 Å². The maximum atomic E-state index is 12.0. The minimum atomic E-state index is -0.444. The minimum absolute atomic E-state index is 0.133. The van der Waals surface area contributed by atoms with Gasteiger partial charge < -0.3 is 14.2 Å². The summed E-state index contributed by atoms with van der Waals surface area (Å²) in [5.41, 5.74) is 1.17. The molecule has 2 aromatic carbocycles. The van der Waals surface area contributed by atoms with E-state index in [-0.39, 0.29) is 6.42 Å². The molecule has 23 heavy (non-hydrogen) atoms. The second-order valence-corrected chi connectivity index (χ2v) is 4.75. The van der Waals surface area contributed by atoms with E-state index in [1.54, 1.807) is 56.5 Å². The molecule has 0 aliphatic heterocycles. The monoisotopic (exact) mass is 314 g/mol. The zero-order valence-corrected chi connectivity index (χ0v) is 13.1. The van der Waals surface area contributed by atoms with E-state index in [2.05, 4.69) is 0 Å². The van der Waals surface area contributed by atoms with Crippen molar-refractivity contribution in [2.75, 3.05) is 13.7 Å². The first-order valence-corrected chi connectivity index (χ1v) is 7.23. The Balaban J connectivity index is 1.99. The summed E-state index contributed by atoms with van der Waals surface area (Å²) in [6.07, 6.45) is 0.133. The first kappa shape index (κ1) is 16.5. The van der Waals surface area contributed by atoms with Crippen LogP contribution in [0.25, 0.3) is 0 Å². The number of hydrogen-bond donors (Lipinski definition) is 0. The highest BCUT2D eigenvalue weighted by Crippen LogP contribution is 2.16. The molecule has 0 saturated carbocycles. The zero-order chi connectivity index (χ0) is 16.7. The Labute approximate surface area is 134 Å². The van der Waals surface area contributed by atoms with Crippen LogP contribution in [0.3, 0.4) is 0 Å². The Morgan fingerprint density at radius 2 is 1.74 bits per heavy atom. The van der Waals surface area contributed by atoms with Crippen LogP contribution in [0.2, 0.25) is 0 Å². The van der Waals surface area contributed by atoms with Crippen molar-refractivity contribution in [2.45, 2.75) is 13.3 Å². The molecular formula is C18H18O5. The molecule has 2 aromatic rings. The van der Waals surface area contributed by atoms with E-state index in [1.807, 2.05) is 0 Å². The first-order valence-electron chi connectivity index (χ1n) is 7.23. The third-order valence-corrected chi connectivity index (χ3v) is 3.08. The van der Waals surface area contributed by atoms with E-state index < -0.39 is 11.9 Å². The molecule has 0 N–H and O–H groups in total. The van der Waals surface area contributed by atoms with Crippen LogP contribution in [0.15, 0.2) is 48.5 Å². The number of ether oxygens (including phenoxy) is 3. The number of carbonyl (C=O) groups excluding carboxylic acids is 2. The lowest BCUT2D eigenvalue weighted by atomic mass is 10.1. The van der Waals surface area contributed by atoms with Crippen molar-refractivity contribution in [3.8, 4) is 11.5 Å². The fourth-order valence-electron chi connectivity index (χ4n) is 1.98. The number of methoxy groups -OCH3 is 1. The molecule has 2 rings (SSSR count). The Hall–Kier alpha value is -2.82. The lowest BCUT2D eigenvalue weighted by Gasteiger charge is -2.07. The molecule has 0 fully saturated rings. The topological polar surface area (TPSA) is 61.8 Å². The van der Waals surface area contributed by atoms with Crippen LogP contribution in [0.1, 0.15) is 22.8 Å². The van der Waals surface area contributed by atoms with Crippen molar-refractivity contribution in [3.63, 3.8) is 0 Å². The Morgan fingerprint density at radius 1 is 1.00 bits per heavy atom. The molecular weight excluding hydrogens is 296 g/mol. The van der Waals surface area contributed by atoms with Gasteiger partial charge in [-0.3, -0.25) is 4.79 Å². The smallest absolute Gasteiger partial charge is 0.338 e. The summed E-state index contributed by atoms with van der Waals surface area (Å²) >= 11 is 0. The molecule has 0 radical (unpaired) electrons. The van der Waals surface area contributed by atoms with Gasteiger partial charge in [-0.2, -0.15) is 0 Å². The molecule has 0 atom stereocenters. The zero-order valence-electron chi connectivity index (χ0n) is 13.1. The Morgan fingerprint density at radius 3 is 2.39 bits per heavy atom. The molecule has 0 aromatic heterocycles. The Bertz CT molecular complexity index is 676. The molecule has 5 nitrogen and oxygen atoms in total. The van der Waals surface area contributed by atoms with Gasteiger partial charge in [-0.05, 0) is 42.8 Å². The van der Waals surface area contributed by atoms with Gasteiger partial charge in [0.25, 0.3) is 0 Å². The van der Waals surface area contributed by atoms with Gasteiger partial charge in [0.1, 0.15) is 11.5 Å². The highest BCUT2D eigenvalue weighted by atomic mass is 16.5. The van der Waals surface area contributed by atoms with E-state index in [0.29, 0.717) is 17.9 Å². The fourth-order valence-corrected chi connectivity index (χ4v) is 1.98. The number of carbonyl (C=O) groups is 2. The average molecular weight is 314 g/mol. The van der Waals surface area contributed by atoms with Crippen molar-refractivity contribution in [2.24, 2.45) is 0 Å². The lowest BCUT2D eigenvalue weighted by molar-refractivity contribution is -0.133. The van der Waals surface area contributed by atoms with Gasteiger partial charge in [-0.15, -0.1) is 0 Å². The van der Waals surface area contributed by atoms with Crippen molar-refractivity contribution in [1.82, 2.24) is 0 Å². The van der Waals surface area contributed by atoms with E-state index in [4.69, 9.17) is 14.2 Å². The van der Waals surface area contributed by atoms with E-state index >= 15 is 0 Å². The van der Waals surface area contributed by atoms with Crippen LogP contribution in [-0.2, 0) is 16.0 Å². The third-order valence-electron chi connectivity index (χ3n) is 3.08. The lowest BCUT2D eigenvalue weighted by Crippen LogP contribution is -2.12. The SMILES string of the molecule is CCOC(=O)c1cccc(OC(=O)Cc2ccc(OC)cc2)c1. The van der Waals surface area contributed by atoms with Crippen molar-refractivity contribution in [1.29, 1.82) is 0 Å². The summed E-state index contributed by atoms with van der Waals surface area (Å²) in [5.74, 6) is 0.190. The maximum absolute atomic E-state index is 12.0. The first-order chi connectivity index (χ1) is 11.1. The fraction of sp³-hybridized carbons (Fsp3) is 0.222. The van der Waals surface area contributed by atoms with Gasteiger partial charge in [0.05, 0.1) is 25.7 Å². The largest absolute Gasteiger partial charge is 0.497 e. The normalized spacial score (nSPS) is 10.0. The highest BCUT2D eigenvalue weighted by molar-refractivity contribution is 5.90. The predicted octanol–water partition coefficient (Wildman–Crippen LogP) is 3.02. The Kier molecular flexibility index (Phi) is 5.74. The second-order valence-electron chi connectivity index (χ2n) is 4.75. The molecule has 0 amide bonds. The number of hydrogen-bond acceptors (Lipinski definition) is 5. The number of rotatable bonds is 6. The summed E-state index contributed by atoms with van der Waals surface area (Å²) in [5, 5.41) is 0. The number of benzene rings is 2. The molecule has 0 unspecified atom stereocenters. The summed E-state index contributed by atoms with van der Waals surface area (Å²) < 4.78 is 15.2. The molecule has 0 aliphatic rings. The summed E-state index contributed by atoms with van der Waals surface area (Å²) in [6.45, 7) is 2.02. The van der Waals surface area contributed by atoms with Gasteiger partial charge in [-0.25, -0.2) is 4.79 Å². The molecule has 5 heteroatoms. The molecule has 0 aliphatic carbocycles. The van der Waals surface area contributed by atoms with Crippen LogP contribution >= 0.6 is 0 Å². The second kappa shape index (κ2) is 7.98. The van der Waals surface area contributed by atoms with Gasteiger partial charge >= 0.3 is 11.9 Å². The number of esters is 2. The van der Waals surface area contributed by atoms with E-state index in [0.717, 1.165) is 11.3 Å². The molecule has 0 heterocycles. The van der Waals surface area contributed by atoms with Gasteiger partial charge in [0.15, 0.2) is 0 Å². The van der Waals surface area contributed by atoms with Crippen LogP contribution in [0.5, 0.6) is 11.5 Å². The van der Waals surface area contributed by atoms with Crippen LogP contribution < -0.4 is 9.47 Å². The van der Waals surface area contributed by atoms with Crippen molar-refractivity contribution in [3.05, 3.63) is 59.7 Å². The van der Waals surface area contributed by atoms with Crippen LogP contribution in [-0.4, -0.2) is 25.7 Å².